The molecule has 1 aliphatic carbocycles. The van der Waals surface area contributed by atoms with Gasteiger partial charge in [0.1, 0.15) is 0 Å². The Balaban J connectivity index is 0.000000561. The Bertz CT molecular complexity index is 197. The molecule has 0 bridgehead atoms. The van der Waals surface area contributed by atoms with Gasteiger partial charge in [-0.25, -0.2) is 0 Å². The summed E-state index contributed by atoms with van der Waals surface area (Å²) in [5.74, 6) is 0. The first-order valence-corrected chi connectivity index (χ1v) is 4.57. The fourth-order valence-corrected chi connectivity index (χ4v) is 1.02. The average Bonchev–Trinajstić information content (AvgIpc) is 2.33. The van der Waals surface area contributed by atoms with Crippen LogP contribution in [-0.4, -0.2) is 6.54 Å². The second kappa shape index (κ2) is 6.86. The molecule has 68 valence electrons. The highest BCUT2D eigenvalue weighted by atomic mass is 14.5. The van der Waals surface area contributed by atoms with Gasteiger partial charge in [-0.3, -0.25) is 0 Å². The van der Waals surface area contributed by atoms with Gasteiger partial charge < -0.3 is 5.73 Å². The van der Waals surface area contributed by atoms with Crippen LogP contribution in [0.4, 0.5) is 0 Å². The van der Waals surface area contributed by atoms with Crippen LogP contribution in [0.15, 0.2) is 35.5 Å². The minimum absolute atomic E-state index is 0.652. The molecule has 0 aromatic heterocycles. The van der Waals surface area contributed by atoms with Crippen molar-refractivity contribution in [1.82, 2.24) is 0 Å². The van der Waals surface area contributed by atoms with E-state index < -0.39 is 0 Å². The van der Waals surface area contributed by atoms with E-state index in [4.69, 9.17) is 5.73 Å². The Morgan fingerprint density at radius 3 is 2.67 bits per heavy atom. The molecule has 12 heavy (non-hydrogen) atoms. The molecule has 1 heteroatoms. The van der Waals surface area contributed by atoms with Crippen molar-refractivity contribution in [3.05, 3.63) is 35.5 Å². The molecule has 0 saturated carbocycles. The first kappa shape index (κ1) is 11.2. The van der Waals surface area contributed by atoms with Gasteiger partial charge in [-0.15, -0.1) is 0 Å². The van der Waals surface area contributed by atoms with Crippen LogP contribution in [0.1, 0.15) is 27.2 Å². The maximum absolute atomic E-state index is 5.49. The van der Waals surface area contributed by atoms with Crippen LogP contribution in [-0.2, 0) is 0 Å². The zero-order valence-electron chi connectivity index (χ0n) is 8.30. The van der Waals surface area contributed by atoms with E-state index in [1.807, 2.05) is 13.8 Å². The van der Waals surface area contributed by atoms with Crippen LogP contribution < -0.4 is 5.73 Å². The maximum atomic E-state index is 5.49. The van der Waals surface area contributed by atoms with Crippen molar-refractivity contribution in [2.75, 3.05) is 6.54 Å². The smallest absolute Gasteiger partial charge is 0.0175 e. The Hall–Kier alpha value is -0.820. The first-order valence-electron chi connectivity index (χ1n) is 4.57. The van der Waals surface area contributed by atoms with Crippen LogP contribution in [0.3, 0.4) is 0 Å². The molecule has 1 aliphatic rings. The second-order valence-corrected chi connectivity index (χ2v) is 2.51. The van der Waals surface area contributed by atoms with Crippen LogP contribution in [0.25, 0.3) is 0 Å². The summed E-state index contributed by atoms with van der Waals surface area (Å²) in [5, 5.41) is 0. The molecule has 0 heterocycles. The highest BCUT2D eigenvalue weighted by Crippen LogP contribution is 2.08. The van der Waals surface area contributed by atoms with Gasteiger partial charge in [0.2, 0.25) is 0 Å². The van der Waals surface area contributed by atoms with E-state index in [1.165, 1.54) is 11.1 Å². The topological polar surface area (TPSA) is 26.0 Å². The van der Waals surface area contributed by atoms with Crippen LogP contribution in [0, 0.1) is 0 Å². The lowest BCUT2D eigenvalue weighted by molar-refractivity contribution is 1.16. The minimum Gasteiger partial charge on any atom is -0.327 e. The van der Waals surface area contributed by atoms with Crippen molar-refractivity contribution in [1.29, 1.82) is 0 Å². The van der Waals surface area contributed by atoms with E-state index in [0.29, 0.717) is 6.54 Å². The zero-order chi connectivity index (χ0) is 9.40. The number of nitrogens with two attached hydrogens (primary N) is 1. The normalized spacial score (nSPS) is 15.3. The van der Waals surface area contributed by atoms with Crippen molar-refractivity contribution in [2.24, 2.45) is 5.73 Å². The SMILES string of the molecule is CC.CC1=CC(CN)=CCC=C1. The van der Waals surface area contributed by atoms with Crippen molar-refractivity contribution in [3.8, 4) is 0 Å². The van der Waals surface area contributed by atoms with Crippen molar-refractivity contribution in [3.63, 3.8) is 0 Å². The number of hydrogen-bond acceptors (Lipinski definition) is 1. The van der Waals surface area contributed by atoms with Gasteiger partial charge in [-0.1, -0.05) is 43.7 Å². The number of allylic oxidation sites excluding steroid dienone is 4. The third kappa shape index (κ3) is 4.14. The monoisotopic (exact) mass is 165 g/mol. The standard InChI is InChI=1S/C9H13N.C2H6/c1-8-4-2-3-5-9(6-8)7-10;1-2/h2,4-6H,3,7,10H2,1H3;1-2H3. The summed E-state index contributed by atoms with van der Waals surface area (Å²) in [6.07, 6.45) is 9.57. The zero-order valence-corrected chi connectivity index (χ0v) is 8.30. The molecular weight excluding hydrogens is 146 g/mol. The van der Waals surface area contributed by atoms with Crippen LogP contribution in [0.5, 0.6) is 0 Å². The van der Waals surface area contributed by atoms with E-state index in [1.54, 1.807) is 0 Å². The van der Waals surface area contributed by atoms with E-state index in [2.05, 4.69) is 31.2 Å². The summed E-state index contributed by atoms with van der Waals surface area (Å²) in [6.45, 7) is 6.74. The second-order valence-electron chi connectivity index (χ2n) is 2.51. The summed E-state index contributed by atoms with van der Waals surface area (Å²) >= 11 is 0. The first-order chi connectivity index (χ1) is 5.83. The Morgan fingerprint density at radius 1 is 1.42 bits per heavy atom. The summed E-state index contributed by atoms with van der Waals surface area (Å²) in [6, 6.07) is 0. The van der Waals surface area contributed by atoms with Gasteiger partial charge in [0.25, 0.3) is 0 Å². The fraction of sp³-hybridized carbons (Fsp3) is 0.455. The number of hydrogen-bond donors (Lipinski definition) is 1. The highest BCUT2D eigenvalue weighted by molar-refractivity contribution is 5.32. The Labute approximate surface area is 75.7 Å². The predicted octanol–water partition coefficient (Wildman–Crippen LogP) is 2.80. The molecule has 0 atom stereocenters. The van der Waals surface area contributed by atoms with Crippen molar-refractivity contribution in [2.45, 2.75) is 27.2 Å². The molecule has 0 saturated heterocycles. The van der Waals surface area contributed by atoms with Gasteiger partial charge in [0, 0.05) is 6.54 Å². The van der Waals surface area contributed by atoms with Crippen LogP contribution >= 0.6 is 0 Å². The van der Waals surface area contributed by atoms with Crippen LogP contribution in [0.2, 0.25) is 0 Å². The molecule has 2 N–H and O–H groups in total. The Morgan fingerprint density at radius 2 is 2.08 bits per heavy atom. The van der Waals surface area contributed by atoms with E-state index >= 15 is 0 Å². The summed E-state index contributed by atoms with van der Waals surface area (Å²) < 4.78 is 0. The predicted molar refractivity (Wildman–Crippen MR) is 56.0 cm³/mol. The van der Waals surface area contributed by atoms with Gasteiger partial charge >= 0.3 is 0 Å². The summed E-state index contributed by atoms with van der Waals surface area (Å²) in [5.41, 5.74) is 8.02. The summed E-state index contributed by atoms with van der Waals surface area (Å²) in [4.78, 5) is 0. The largest absolute Gasteiger partial charge is 0.327 e. The molecule has 0 amide bonds. The molecule has 0 aliphatic heterocycles. The molecule has 0 aromatic rings. The molecular formula is C11H19N. The van der Waals surface area contributed by atoms with E-state index in [0.717, 1.165) is 6.42 Å². The average molecular weight is 165 g/mol. The summed E-state index contributed by atoms with van der Waals surface area (Å²) in [7, 11) is 0. The molecule has 0 fully saturated rings. The van der Waals surface area contributed by atoms with Gasteiger partial charge in [-0.05, 0) is 18.9 Å². The lowest BCUT2D eigenvalue weighted by Crippen LogP contribution is -2.00. The molecule has 0 unspecified atom stereocenters. The number of rotatable bonds is 1. The van der Waals surface area contributed by atoms with E-state index in [-0.39, 0.29) is 0 Å². The van der Waals surface area contributed by atoms with Gasteiger partial charge in [0.05, 0.1) is 0 Å². The molecule has 0 spiro atoms. The molecule has 1 rings (SSSR count). The third-order valence-corrected chi connectivity index (χ3v) is 1.55. The lowest BCUT2D eigenvalue weighted by Gasteiger charge is -1.94. The fourth-order valence-electron chi connectivity index (χ4n) is 1.02. The lowest BCUT2D eigenvalue weighted by atomic mass is 10.2. The van der Waals surface area contributed by atoms with Crippen molar-refractivity contribution >= 4 is 0 Å². The van der Waals surface area contributed by atoms with Crippen molar-refractivity contribution < 1.29 is 0 Å². The highest BCUT2D eigenvalue weighted by Gasteiger charge is 1.92. The Kier molecular flexibility index (Phi) is 6.39. The minimum atomic E-state index is 0.652. The van der Waals surface area contributed by atoms with Gasteiger partial charge in [0.15, 0.2) is 0 Å². The maximum Gasteiger partial charge on any atom is 0.0175 e. The quantitative estimate of drug-likeness (QED) is 0.635. The molecule has 0 radical (unpaired) electrons. The third-order valence-electron chi connectivity index (χ3n) is 1.55. The van der Waals surface area contributed by atoms with E-state index in [9.17, 15) is 0 Å². The molecule has 1 nitrogen and oxygen atoms in total. The molecule has 0 aromatic carbocycles. The van der Waals surface area contributed by atoms with Gasteiger partial charge in [-0.2, -0.15) is 0 Å².